The molecule has 2 rings (SSSR count). The lowest BCUT2D eigenvalue weighted by molar-refractivity contribution is -0.112. The fourth-order valence-corrected chi connectivity index (χ4v) is 2.15. The van der Waals surface area contributed by atoms with Gasteiger partial charge in [0.2, 0.25) is 0 Å². The molecule has 88 valence electrons. The van der Waals surface area contributed by atoms with Crippen LogP contribution in [0, 0.1) is 17.2 Å². The average Bonchev–Trinajstić information content (AvgIpc) is 2.40. The number of aromatic nitrogens is 1. The largest absolute Gasteiger partial charge is 0.303 e. The summed E-state index contributed by atoms with van der Waals surface area (Å²) in [5.74, 6) is 0.218. The van der Waals surface area contributed by atoms with Gasteiger partial charge in [-0.05, 0) is 32.0 Å². The lowest BCUT2D eigenvalue weighted by Gasteiger charge is -2.29. The van der Waals surface area contributed by atoms with E-state index in [9.17, 15) is 4.79 Å². The molecule has 1 aliphatic heterocycles. The Morgan fingerprint density at radius 2 is 2.29 bits per heavy atom. The summed E-state index contributed by atoms with van der Waals surface area (Å²) >= 11 is 0. The number of rotatable bonds is 3. The van der Waals surface area contributed by atoms with Crippen molar-refractivity contribution in [3.05, 3.63) is 29.6 Å². The van der Waals surface area contributed by atoms with Gasteiger partial charge in [-0.25, -0.2) is 4.98 Å². The summed E-state index contributed by atoms with van der Waals surface area (Å²) in [6.45, 7) is 2.59. The number of piperidine rings is 1. The van der Waals surface area contributed by atoms with E-state index in [1.165, 1.54) is 0 Å². The van der Waals surface area contributed by atoms with E-state index in [0.717, 1.165) is 44.3 Å². The molecule has 1 aromatic rings. The molecule has 4 heteroatoms. The Kier molecular flexibility index (Phi) is 3.84. The number of hydrogen-bond donors (Lipinski definition) is 0. The lowest BCUT2D eigenvalue weighted by atomic mass is 9.98. The number of nitriles is 1. The molecule has 2 heterocycles. The van der Waals surface area contributed by atoms with Crippen LogP contribution in [0.2, 0.25) is 0 Å². The van der Waals surface area contributed by atoms with Crippen molar-refractivity contribution in [2.24, 2.45) is 5.92 Å². The third-order valence-electron chi connectivity index (χ3n) is 3.22. The van der Waals surface area contributed by atoms with Crippen LogP contribution in [-0.4, -0.2) is 29.3 Å². The standard InChI is InChI=1S/C13H15N3O/c14-8-13-12(2-1-5-15-13)9-16-6-3-11(10-17)4-7-16/h1-2,5,10-11H,3-4,6-7,9H2. The molecule has 1 saturated heterocycles. The van der Waals surface area contributed by atoms with Crippen LogP contribution in [0.4, 0.5) is 0 Å². The first-order valence-electron chi connectivity index (χ1n) is 5.85. The molecule has 0 aromatic carbocycles. The highest BCUT2D eigenvalue weighted by molar-refractivity contribution is 5.53. The van der Waals surface area contributed by atoms with Crippen molar-refractivity contribution in [1.82, 2.24) is 9.88 Å². The summed E-state index contributed by atoms with van der Waals surface area (Å²) < 4.78 is 0. The number of carbonyl (C=O) groups excluding carboxylic acids is 1. The molecule has 1 aromatic heterocycles. The van der Waals surface area contributed by atoms with Crippen molar-refractivity contribution in [3.8, 4) is 6.07 Å². The first kappa shape index (κ1) is 11.7. The summed E-state index contributed by atoms with van der Waals surface area (Å²) in [5.41, 5.74) is 1.48. The first-order chi connectivity index (χ1) is 8.33. The van der Waals surface area contributed by atoms with Crippen LogP contribution >= 0.6 is 0 Å². The number of carbonyl (C=O) groups is 1. The van der Waals surface area contributed by atoms with Crippen LogP contribution in [-0.2, 0) is 11.3 Å². The van der Waals surface area contributed by atoms with Crippen molar-refractivity contribution in [1.29, 1.82) is 5.26 Å². The van der Waals surface area contributed by atoms with Crippen LogP contribution in [0.25, 0.3) is 0 Å². The number of nitrogens with zero attached hydrogens (tertiary/aromatic N) is 3. The average molecular weight is 229 g/mol. The maximum atomic E-state index is 10.7. The third-order valence-corrected chi connectivity index (χ3v) is 3.22. The highest BCUT2D eigenvalue weighted by atomic mass is 16.1. The smallest absolute Gasteiger partial charge is 0.144 e. The van der Waals surface area contributed by atoms with E-state index >= 15 is 0 Å². The zero-order valence-corrected chi connectivity index (χ0v) is 9.67. The molecule has 0 unspecified atom stereocenters. The van der Waals surface area contributed by atoms with Crippen molar-refractivity contribution in [3.63, 3.8) is 0 Å². The Bertz CT molecular complexity index is 431. The zero-order chi connectivity index (χ0) is 12.1. The predicted molar refractivity (Wildman–Crippen MR) is 63.0 cm³/mol. The Morgan fingerprint density at radius 3 is 2.94 bits per heavy atom. The van der Waals surface area contributed by atoms with Crippen molar-refractivity contribution in [2.75, 3.05) is 13.1 Å². The van der Waals surface area contributed by atoms with Crippen LogP contribution in [0.3, 0.4) is 0 Å². The van der Waals surface area contributed by atoms with E-state index in [4.69, 9.17) is 5.26 Å². The molecular formula is C13H15N3O. The van der Waals surface area contributed by atoms with Crippen LogP contribution in [0.5, 0.6) is 0 Å². The van der Waals surface area contributed by atoms with Gasteiger partial charge < -0.3 is 4.79 Å². The Balaban J connectivity index is 1.98. The molecule has 0 amide bonds. The van der Waals surface area contributed by atoms with Gasteiger partial charge in [0, 0.05) is 24.2 Å². The van der Waals surface area contributed by atoms with E-state index in [-0.39, 0.29) is 5.92 Å². The van der Waals surface area contributed by atoms with E-state index in [1.807, 2.05) is 12.1 Å². The van der Waals surface area contributed by atoms with Gasteiger partial charge in [0.25, 0.3) is 0 Å². The number of aldehydes is 1. The Hall–Kier alpha value is -1.73. The van der Waals surface area contributed by atoms with Gasteiger partial charge in [-0.15, -0.1) is 0 Å². The quantitative estimate of drug-likeness (QED) is 0.734. The number of likely N-dealkylation sites (tertiary alicyclic amines) is 1. The molecule has 1 fully saturated rings. The third kappa shape index (κ3) is 2.89. The Morgan fingerprint density at radius 1 is 1.53 bits per heavy atom. The minimum Gasteiger partial charge on any atom is -0.303 e. The van der Waals surface area contributed by atoms with E-state index in [2.05, 4.69) is 16.0 Å². The zero-order valence-electron chi connectivity index (χ0n) is 9.67. The molecule has 0 aliphatic carbocycles. The maximum Gasteiger partial charge on any atom is 0.144 e. The summed E-state index contributed by atoms with van der Waals surface area (Å²) in [4.78, 5) is 17.0. The highest BCUT2D eigenvalue weighted by Crippen LogP contribution is 2.17. The molecular weight excluding hydrogens is 214 g/mol. The molecule has 17 heavy (non-hydrogen) atoms. The van der Waals surface area contributed by atoms with Crippen LogP contribution < -0.4 is 0 Å². The van der Waals surface area contributed by atoms with Gasteiger partial charge >= 0.3 is 0 Å². The molecule has 0 radical (unpaired) electrons. The molecule has 4 nitrogen and oxygen atoms in total. The van der Waals surface area contributed by atoms with E-state index < -0.39 is 0 Å². The molecule has 1 aliphatic rings. The number of hydrogen-bond acceptors (Lipinski definition) is 4. The van der Waals surface area contributed by atoms with Gasteiger partial charge in [0.15, 0.2) is 0 Å². The van der Waals surface area contributed by atoms with Crippen molar-refractivity contribution >= 4 is 6.29 Å². The van der Waals surface area contributed by atoms with E-state index in [0.29, 0.717) is 5.69 Å². The molecule has 0 saturated carbocycles. The van der Waals surface area contributed by atoms with Crippen molar-refractivity contribution < 1.29 is 4.79 Å². The van der Waals surface area contributed by atoms with E-state index in [1.54, 1.807) is 6.20 Å². The van der Waals surface area contributed by atoms with Gasteiger partial charge in [-0.1, -0.05) is 6.07 Å². The number of pyridine rings is 1. The molecule has 0 N–H and O–H groups in total. The molecule has 0 spiro atoms. The summed E-state index contributed by atoms with van der Waals surface area (Å²) in [6.07, 6.45) is 4.54. The second-order valence-corrected chi connectivity index (χ2v) is 4.37. The van der Waals surface area contributed by atoms with Gasteiger partial charge in [0.1, 0.15) is 18.0 Å². The highest BCUT2D eigenvalue weighted by Gasteiger charge is 2.19. The first-order valence-corrected chi connectivity index (χ1v) is 5.85. The van der Waals surface area contributed by atoms with Gasteiger partial charge in [-0.2, -0.15) is 5.26 Å². The van der Waals surface area contributed by atoms with Gasteiger partial charge in [-0.3, -0.25) is 4.90 Å². The normalized spacial score (nSPS) is 17.6. The fraction of sp³-hybridized carbons (Fsp3) is 0.462. The maximum absolute atomic E-state index is 10.7. The second-order valence-electron chi connectivity index (χ2n) is 4.37. The fourth-order valence-electron chi connectivity index (χ4n) is 2.15. The minimum absolute atomic E-state index is 0.218. The molecule has 0 bridgehead atoms. The SMILES string of the molecule is N#Cc1ncccc1CN1CCC(C=O)CC1. The summed E-state index contributed by atoms with van der Waals surface area (Å²) in [5, 5.41) is 8.95. The molecule has 0 atom stereocenters. The monoisotopic (exact) mass is 229 g/mol. The Labute approximate surface area is 101 Å². The lowest BCUT2D eigenvalue weighted by Crippen LogP contribution is -2.33. The van der Waals surface area contributed by atoms with Gasteiger partial charge in [0.05, 0.1) is 0 Å². The van der Waals surface area contributed by atoms with Crippen LogP contribution in [0.15, 0.2) is 18.3 Å². The minimum atomic E-state index is 0.218. The summed E-state index contributed by atoms with van der Waals surface area (Å²) in [6, 6.07) is 5.91. The van der Waals surface area contributed by atoms with Crippen LogP contribution in [0.1, 0.15) is 24.1 Å². The predicted octanol–water partition coefficient (Wildman–Crippen LogP) is 1.36. The summed E-state index contributed by atoms with van der Waals surface area (Å²) in [7, 11) is 0. The second kappa shape index (κ2) is 5.55. The van der Waals surface area contributed by atoms with Crippen molar-refractivity contribution in [2.45, 2.75) is 19.4 Å². The topological polar surface area (TPSA) is 57.0 Å².